The van der Waals surface area contributed by atoms with Gasteiger partial charge in [0.2, 0.25) is 5.91 Å². The second-order valence-corrected chi connectivity index (χ2v) is 4.99. The van der Waals surface area contributed by atoms with Crippen molar-refractivity contribution in [1.82, 2.24) is 4.90 Å². The van der Waals surface area contributed by atoms with E-state index in [1.54, 1.807) is 4.90 Å². The van der Waals surface area contributed by atoms with E-state index in [4.69, 9.17) is 9.47 Å². The average molecular weight is 273 g/mol. The van der Waals surface area contributed by atoms with Crippen molar-refractivity contribution in [3.8, 4) is 0 Å². The Balaban J connectivity index is 2.61. The molecule has 110 valence electrons. The number of ether oxygens (including phenoxy) is 2. The number of piperidine rings is 1. The third-order valence-corrected chi connectivity index (χ3v) is 3.38. The molecule has 1 N–H and O–H groups in total. The lowest BCUT2D eigenvalue weighted by Crippen LogP contribution is -2.52. The molecule has 0 bridgehead atoms. The Morgan fingerprint density at radius 1 is 1.42 bits per heavy atom. The lowest BCUT2D eigenvalue weighted by molar-refractivity contribution is -0.160. The minimum atomic E-state index is -0.979. The minimum absolute atomic E-state index is 0.0243. The number of amides is 1. The molecule has 0 aromatic rings. The molecule has 1 unspecified atom stereocenters. The second-order valence-electron chi connectivity index (χ2n) is 4.99. The zero-order valence-electron chi connectivity index (χ0n) is 11.7. The van der Waals surface area contributed by atoms with Gasteiger partial charge in [0.05, 0.1) is 6.61 Å². The van der Waals surface area contributed by atoms with Crippen molar-refractivity contribution in [3.05, 3.63) is 0 Å². The second kappa shape index (κ2) is 7.45. The molecule has 19 heavy (non-hydrogen) atoms. The van der Waals surface area contributed by atoms with Crippen molar-refractivity contribution in [2.24, 2.45) is 5.41 Å². The summed E-state index contributed by atoms with van der Waals surface area (Å²) in [6, 6.07) is 0. The zero-order valence-corrected chi connectivity index (χ0v) is 11.7. The van der Waals surface area contributed by atoms with Gasteiger partial charge in [-0.25, -0.2) is 0 Å². The summed E-state index contributed by atoms with van der Waals surface area (Å²) in [6.07, 6.45) is 2.07. The minimum Gasteiger partial charge on any atom is -0.481 e. The number of methoxy groups -OCH3 is 1. The molecule has 1 rings (SSSR count). The van der Waals surface area contributed by atoms with Crippen molar-refractivity contribution in [1.29, 1.82) is 0 Å². The topological polar surface area (TPSA) is 76.1 Å². The van der Waals surface area contributed by atoms with E-state index in [1.165, 1.54) is 7.11 Å². The van der Waals surface area contributed by atoms with E-state index in [-0.39, 0.29) is 25.7 Å². The van der Waals surface area contributed by atoms with Crippen LogP contribution in [0.5, 0.6) is 0 Å². The number of carboxylic acids is 1. The molecule has 1 atom stereocenters. The number of hydrogen-bond acceptors (Lipinski definition) is 4. The van der Waals surface area contributed by atoms with E-state index in [9.17, 15) is 14.7 Å². The highest BCUT2D eigenvalue weighted by molar-refractivity contribution is 5.80. The quantitative estimate of drug-likeness (QED) is 0.693. The number of carbonyl (C=O) groups is 2. The van der Waals surface area contributed by atoms with Crippen LogP contribution in [0.3, 0.4) is 0 Å². The maximum Gasteiger partial charge on any atom is 0.313 e. The molecule has 1 saturated heterocycles. The third-order valence-electron chi connectivity index (χ3n) is 3.38. The number of hydrogen-bond donors (Lipinski definition) is 1. The number of likely N-dealkylation sites (tertiary alicyclic amines) is 1. The van der Waals surface area contributed by atoms with Crippen LogP contribution < -0.4 is 0 Å². The van der Waals surface area contributed by atoms with Crippen molar-refractivity contribution in [2.45, 2.75) is 26.2 Å². The van der Waals surface area contributed by atoms with Gasteiger partial charge in [-0.15, -0.1) is 0 Å². The van der Waals surface area contributed by atoms with Gasteiger partial charge in [0.1, 0.15) is 12.0 Å². The Kier molecular flexibility index (Phi) is 6.24. The van der Waals surface area contributed by atoms with E-state index in [0.717, 1.165) is 6.42 Å². The van der Waals surface area contributed by atoms with Gasteiger partial charge in [-0.05, 0) is 19.3 Å². The predicted octanol–water partition coefficient (Wildman–Crippen LogP) is 0.753. The fourth-order valence-corrected chi connectivity index (χ4v) is 2.37. The summed E-state index contributed by atoms with van der Waals surface area (Å²) in [5.41, 5.74) is -0.979. The van der Waals surface area contributed by atoms with Crippen LogP contribution in [0.4, 0.5) is 0 Å². The summed E-state index contributed by atoms with van der Waals surface area (Å²) >= 11 is 0. The molecule has 0 aliphatic carbocycles. The van der Waals surface area contributed by atoms with Crippen LogP contribution >= 0.6 is 0 Å². The lowest BCUT2D eigenvalue weighted by Gasteiger charge is -2.39. The van der Waals surface area contributed by atoms with Crippen molar-refractivity contribution >= 4 is 11.9 Å². The van der Waals surface area contributed by atoms with Gasteiger partial charge in [0.15, 0.2) is 0 Å². The molecule has 0 spiro atoms. The van der Waals surface area contributed by atoms with E-state index in [2.05, 4.69) is 0 Å². The molecule has 1 aliphatic heterocycles. The Bertz CT molecular complexity index is 316. The smallest absolute Gasteiger partial charge is 0.313 e. The van der Waals surface area contributed by atoms with Gasteiger partial charge in [-0.1, -0.05) is 6.92 Å². The van der Waals surface area contributed by atoms with Gasteiger partial charge in [-0.2, -0.15) is 0 Å². The number of rotatable bonds is 7. The van der Waals surface area contributed by atoms with E-state index in [1.807, 2.05) is 6.92 Å². The maximum absolute atomic E-state index is 12.0. The Hall–Kier alpha value is -1.14. The molecule has 6 heteroatoms. The Morgan fingerprint density at radius 2 is 2.16 bits per heavy atom. The van der Waals surface area contributed by atoms with Gasteiger partial charge in [-0.3, -0.25) is 9.59 Å². The molecule has 1 heterocycles. The molecule has 0 aromatic carbocycles. The van der Waals surface area contributed by atoms with Crippen molar-refractivity contribution < 1.29 is 24.2 Å². The molecule has 0 saturated carbocycles. The lowest BCUT2D eigenvalue weighted by atomic mass is 9.80. The van der Waals surface area contributed by atoms with Crippen LogP contribution in [0.25, 0.3) is 0 Å². The summed E-state index contributed by atoms with van der Waals surface area (Å²) < 4.78 is 10.2. The molecule has 1 amide bonds. The van der Waals surface area contributed by atoms with Gasteiger partial charge in [0.25, 0.3) is 0 Å². The summed E-state index contributed by atoms with van der Waals surface area (Å²) in [6.45, 7) is 3.46. The summed E-state index contributed by atoms with van der Waals surface area (Å²) in [5.74, 6) is -1.05. The van der Waals surface area contributed by atoms with E-state index in [0.29, 0.717) is 26.0 Å². The van der Waals surface area contributed by atoms with Crippen LogP contribution in [0.1, 0.15) is 26.2 Å². The van der Waals surface area contributed by atoms with E-state index >= 15 is 0 Å². The molecule has 0 radical (unpaired) electrons. The fraction of sp³-hybridized carbons (Fsp3) is 0.846. The molecular formula is C13H23NO5. The highest BCUT2D eigenvalue weighted by atomic mass is 16.5. The summed E-state index contributed by atoms with van der Waals surface area (Å²) in [4.78, 5) is 25.0. The first kappa shape index (κ1) is 15.9. The Morgan fingerprint density at radius 3 is 2.74 bits per heavy atom. The number of carboxylic acid groups (broad SMARTS) is 1. The summed E-state index contributed by atoms with van der Waals surface area (Å²) in [5, 5.41) is 9.38. The first-order chi connectivity index (χ1) is 9.05. The first-order valence-corrected chi connectivity index (χ1v) is 6.63. The van der Waals surface area contributed by atoms with Crippen molar-refractivity contribution in [3.63, 3.8) is 0 Å². The molecule has 6 nitrogen and oxygen atoms in total. The number of carbonyl (C=O) groups excluding carboxylic acids is 1. The Labute approximate surface area is 113 Å². The largest absolute Gasteiger partial charge is 0.481 e. The normalized spacial score (nSPS) is 23.4. The molecule has 1 fully saturated rings. The highest BCUT2D eigenvalue weighted by Crippen LogP contribution is 2.30. The molecule has 1 aliphatic rings. The van der Waals surface area contributed by atoms with Crippen LogP contribution in [-0.2, 0) is 19.1 Å². The predicted molar refractivity (Wildman–Crippen MR) is 68.9 cm³/mol. The number of nitrogens with zero attached hydrogens (tertiary/aromatic N) is 1. The standard InChI is InChI=1S/C13H23NO5/c1-3-7-19-8-11(15)14-6-4-5-13(9-14,10-18-2)12(16)17/h3-10H2,1-2H3,(H,16,17). The van der Waals surface area contributed by atoms with Crippen LogP contribution in [0.2, 0.25) is 0 Å². The molecule has 0 aromatic heterocycles. The number of aliphatic carboxylic acids is 1. The third kappa shape index (κ3) is 4.18. The first-order valence-electron chi connectivity index (χ1n) is 6.63. The zero-order chi connectivity index (χ0) is 14.3. The van der Waals surface area contributed by atoms with E-state index < -0.39 is 11.4 Å². The van der Waals surface area contributed by atoms with Gasteiger partial charge in [0, 0.05) is 26.8 Å². The molecular weight excluding hydrogens is 250 g/mol. The van der Waals surface area contributed by atoms with Crippen LogP contribution in [-0.4, -0.2) is 61.9 Å². The fourth-order valence-electron chi connectivity index (χ4n) is 2.37. The average Bonchev–Trinajstić information content (AvgIpc) is 2.39. The maximum atomic E-state index is 12.0. The SMILES string of the molecule is CCCOCC(=O)N1CCCC(COC)(C(=O)O)C1. The van der Waals surface area contributed by atoms with Gasteiger partial charge >= 0.3 is 5.97 Å². The van der Waals surface area contributed by atoms with Gasteiger partial charge < -0.3 is 19.5 Å². The summed E-state index contributed by atoms with van der Waals surface area (Å²) in [7, 11) is 1.48. The van der Waals surface area contributed by atoms with Crippen molar-refractivity contribution in [2.75, 3.05) is 40.0 Å². The monoisotopic (exact) mass is 273 g/mol. The van der Waals surface area contributed by atoms with Crippen LogP contribution in [0, 0.1) is 5.41 Å². The highest BCUT2D eigenvalue weighted by Gasteiger charge is 2.43. The van der Waals surface area contributed by atoms with Crippen LogP contribution in [0.15, 0.2) is 0 Å².